The molecule has 5 heteroatoms. The summed E-state index contributed by atoms with van der Waals surface area (Å²) in [5.74, 6) is -1.08. The van der Waals surface area contributed by atoms with Crippen LogP contribution in [0.3, 0.4) is 0 Å². The van der Waals surface area contributed by atoms with Gasteiger partial charge < -0.3 is 26.9 Å². The Labute approximate surface area is 118 Å². The van der Waals surface area contributed by atoms with E-state index < -0.39 is 5.97 Å². The van der Waals surface area contributed by atoms with Gasteiger partial charge in [-0.3, -0.25) is 0 Å². The summed E-state index contributed by atoms with van der Waals surface area (Å²) in [6.45, 7) is 0.972. The van der Waals surface area contributed by atoms with E-state index in [0.29, 0.717) is 0 Å². The maximum Gasteiger partial charge on any atom is 1.00 e. The van der Waals surface area contributed by atoms with E-state index in [1.807, 2.05) is 0 Å². The van der Waals surface area contributed by atoms with E-state index in [2.05, 4.69) is 0 Å². The molecule has 0 bridgehead atoms. The van der Waals surface area contributed by atoms with Gasteiger partial charge in [0.25, 0.3) is 0 Å². The Morgan fingerprint density at radius 2 is 1.57 bits per heavy atom. The van der Waals surface area contributed by atoms with Crippen molar-refractivity contribution >= 4 is 5.97 Å². The number of carboxylic acid groups (broad SMARTS) is 1. The number of aliphatic carboxylic acids is 1. The maximum absolute atomic E-state index is 8.89. The van der Waals surface area contributed by atoms with Crippen LogP contribution in [0.15, 0.2) is 0 Å². The average molecular weight is 201 g/mol. The van der Waals surface area contributed by atoms with Gasteiger partial charge >= 0.3 is 80.9 Å². The average Bonchev–Trinajstić information content (AvgIpc) is 0.811. The zero-order valence-electron chi connectivity index (χ0n) is 4.69. The second kappa shape index (κ2) is 15.8. The van der Waals surface area contributed by atoms with Crippen molar-refractivity contribution in [1.29, 1.82) is 0 Å². The van der Waals surface area contributed by atoms with Gasteiger partial charge in [0.15, 0.2) is 0 Å². The van der Waals surface area contributed by atoms with Crippen LogP contribution < -0.4 is 103 Å². The summed E-state index contributed by atoms with van der Waals surface area (Å²) in [7, 11) is 0. The molecule has 0 spiro atoms. The normalized spacial score (nSPS) is 3.57. The molecule has 0 aromatic rings. The Bertz CT molecular complexity index is 38.7. The van der Waals surface area contributed by atoms with E-state index >= 15 is 0 Å². The fourth-order valence-corrected chi connectivity index (χ4v) is 0. The van der Waals surface area contributed by atoms with Crippen LogP contribution in [0.4, 0.5) is 0 Å². The molecule has 0 N–H and O–H groups in total. The summed E-state index contributed by atoms with van der Waals surface area (Å²) in [5, 5.41) is 8.89. The third-order valence-corrected chi connectivity index (χ3v) is 0. The molecule has 0 fully saturated rings. The van der Waals surface area contributed by atoms with Gasteiger partial charge in [0.1, 0.15) is 0 Å². The monoisotopic (exact) mass is 200 g/mol. The minimum atomic E-state index is -1.08. The molecule has 0 aliphatic rings. The zero-order valence-corrected chi connectivity index (χ0v) is 11.4. The van der Waals surface area contributed by atoms with Crippen LogP contribution in [-0.2, 0) is 4.79 Å². The third-order valence-electron chi connectivity index (χ3n) is 0. The molecule has 0 atom stereocenters. The minimum Gasteiger partial charge on any atom is -1.00 e. The molecule has 0 aliphatic heterocycles. The number of hydrogen-bond donors (Lipinski definition) is 0. The molecule has 0 saturated heterocycles. The fourth-order valence-electron chi connectivity index (χ4n) is 0. The Hall–Kier alpha value is 2.59. The molecule has 0 unspecified atom stereocenters. The SMILES string of the molecule is CC(=O)[O-].[Br-].[K+].[Na+]. The fraction of sp³-hybridized carbons (Fsp3) is 0.500. The number of carbonyl (C=O) groups excluding carboxylic acids is 1. The van der Waals surface area contributed by atoms with Crippen molar-refractivity contribution in [2.75, 3.05) is 0 Å². The first-order chi connectivity index (χ1) is 1.73. The third kappa shape index (κ3) is 55.7. The molecule has 2 nitrogen and oxygen atoms in total. The smallest absolute Gasteiger partial charge is 1.00 e. The van der Waals surface area contributed by atoms with Crippen LogP contribution in [-0.4, -0.2) is 5.97 Å². The van der Waals surface area contributed by atoms with Crippen molar-refractivity contribution < 1.29 is 108 Å². The summed E-state index contributed by atoms with van der Waals surface area (Å²) in [6.07, 6.45) is 0. The molecule has 0 radical (unpaired) electrons. The van der Waals surface area contributed by atoms with Gasteiger partial charge in [0.2, 0.25) is 0 Å². The first kappa shape index (κ1) is 22.6. The van der Waals surface area contributed by atoms with Gasteiger partial charge in [-0.1, -0.05) is 0 Å². The summed E-state index contributed by atoms with van der Waals surface area (Å²) < 4.78 is 0. The van der Waals surface area contributed by atoms with E-state index in [4.69, 9.17) is 9.90 Å². The van der Waals surface area contributed by atoms with E-state index in [1.54, 1.807) is 0 Å². The Morgan fingerprint density at radius 1 is 1.57 bits per heavy atom. The first-order valence-corrected chi connectivity index (χ1v) is 0.908. The summed E-state index contributed by atoms with van der Waals surface area (Å²) in [5.41, 5.74) is 0. The van der Waals surface area contributed by atoms with Crippen LogP contribution in [0.5, 0.6) is 0 Å². The van der Waals surface area contributed by atoms with E-state index in [9.17, 15) is 0 Å². The predicted octanol–water partition coefficient (Wildman–Crippen LogP) is -10.2. The van der Waals surface area contributed by atoms with Gasteiger partial charge in [-0.2, -0.15) is 0 Å². The molecular weight excluding hydrogens is 198 g/mol. The summed E-state index contributed by atoms with van der Waals surface area (Å²) in [4.78, 5) is 8.89. The molecule has 0 rings (SSSR count). The molecule has 0 aliphatic carbocycles. The molecular formula is C2H3BrKNaO2. The maximum atomic E-state index is 8.89. The van der Waals surface area contributed by atoms with E-state index in [-0.39, 0.29) is 97.9 Å². The van der Waals surface area contributed by atoms with Crippen molar-refractivity contribution in [1.82, 2.24) is 0 Å². The first-order valence-electron chi connectivity index (χ1n) is 0.908. The number of halogens is 1. The van der Waals surface area contributed by atoms with Gasteiger partial charge in [-0.05, 0) is 6.92 Å². The number of carbonyl (C=O) groups is 1. The summed E-state index contributed by atoms with van der Waals surface area (Å²) in [6, 6.07) is 0. The Kier molecular flexibility index (Phi) is 51.2. The van der Waals surface area contributed by atoms with Crippen LogP contribution in [0, 0.1) is 0 Å². The van der Waals surface area contributed by atoms with Gasteiger partial charge in [0, 0.05) is 5.97 Å². The molecule has 0 saturated carbocycles. The zero-order chi connectivity index (χ0) is 3.58. The Balaban J connectivity index is -0.0000000150. The van der Waals surface area contributed by atoms with Crippen molar-refractivity contribution in [3.63, 3.8) is 0 Å². The van der Waals surface area contributed by atoms with Crippen molar-refractivity contribution in [2.24, 2.45) is 0 Å². The topological polar surface area (TPSA) is 40.1 Å². The number of carboxylic acids is 1. The quantitative estimate of drug-likeness (QED) is 0.365. The van der Waals surface area contributed by atoms with Crippen LogP contribution in [0.1, 0.15) is 6.92 Å². The molecule has 0 amide bonds. The predicted molar refractivity (Wildman–Crippen MR) is 10.7 cm³/mol. The molecule has 32 valence electrons. The van der Waals surface area contributed by atoms with Gasteiger partial charge in [-0.25, -0.2) is 0 Å². The molecule has 0 heterocycles. The van der Waals surface area contributed by atoms with Crippen LogP contribution in [0.25, 0.3) is 0 Å². The molecule has 0 aromatic heterocycles. The van der Waals surface area contributed by atoms with Crippen molar-refractivity contribution in [2.45, 2.75) is 6.92 Å². The standard InChI is InChI=1S/C2H4O2.BrH.K.Na/c1-2(3)4;;;/h1H3,(H,3,4);1H;;/q;;2*+1/p-2. The summed E-state index contributed by atoms with van der Waals surface area (Å²) >= 11 is 0. The largest absolute Gasteiger partial charge is 1.00 e. The van der Waals surface area contributed by atoms with Crippen molar-refractivity contribution in [3.05, 3.63) is 0 Å². The van der Waals surface area contributed by atoms with Crippen LogP contribution >= 0.6 is 0 Å². The number of hydrogen-bond acceptors (Lipinski definition) is 2. The van der Waals surface area contributed by atoms with E-state index in [0.717, 1.165) is 6.92 Å². The van der Waals surface area contributed by atoms with E-state index in [1.165, 1.54) is 0 Å². The molecule has 7 heavy (non-hydrogen) atoms. The van der Waals surface area contributed by atoms with Gasteiger partial charge in [0.05, 0.1) is 0 Å². The number of rotatable bonds is 0. The van der Waals surface area contributed by atoms with Gasteiger partial charge in [-0.15, -0.1) is 0 Å². The van der Waals surface area contributed by atoms with Crippen LogP contribution in [0.2, 0.25) is 0 Å². The second-order valence-corrected chi connectivity index (χ2v) is 0.492. The second-order valence-electron chi connectivity index (χ2n) is 0.492. The van der Waals surface area contributed by atoms with Crippen molar-refractivity contribution in [3.8, 4) is 0 Å². The molecule has 0 aromatic carbocycles. The Morgan fingerprint density at radius 3 is 1.57 bits per heavy atom. The minimum absolute atomic E-state index is 0.